The molecule has 0 spiro atoms. The van der Waals surface area contributed by atoms with E-state index < -0.39 is 0 Å². The van der Waals surface area contributed by atoms with Crippen LogP contribution in [-0.2, 0) is 5.41 Å². The number of para-hydroxylation sites is 1. The van der Waals surface area contributed by atoms with E-state index >= 15 is 0 Å². The highest BCUT2D eigenvalue weighted by Crippen LogP contribution is 2.52. The van der Waals surface area contributed by atoms with Gasteiger partial charge >= 0.3 is 0 Å². The van der Waals surface area contributed by atoms with E-state index in [1.807, 2.05) is 72.8 Å². The lowest BCUT2D eigenvalue weighted by Gasteiger charge is -2.22. The molecule has 0 saturated heterocycles. The van der Waals surface area contributed by atoms with E-state index in [1.54, 1.807) is 0 Å². The van der Waals surface area contributed by atoms with E-state index in [4.69, 9.17) is 23.8 Å². The summed E-state index contributed by atoms with van der Waals surface area (Å²) >= 11 is 0. The Hall–Kier alpha value is -6.40. The van der Waals surface area contributed by atoms with E-state index in [2.05, 4.69) is 73.4 Å². The molecule has 0 bridgehead atoms. The van der Waals surface area contributed by atoms with Crippen molar-refractivity contribution in [3.05, 3.63) is 145 Å². The minimum Gasteiger partial charge on any atom is -0.456 e. The first-order chi connectivity index (χ1) is 24.0. The molecule has 1 aliphatic carbocycles. The Morgan fingerprint density at radius 2 is 1.20 bits per heavy atom. The lowest BCUT2D eigenvalue weighted by atomic mass is 9.81. The predicted molar refractivity (Wildman–Crippen MR) is 194 cm³/mol. The molecule has 232 valence electrons. The quantitative estimate of drug-likeness (QED) is 0.192. The fourth-order valence-electron chi connectivity index (χ4n) is 7.46. The number of furan rings is 1. The number of benzene rings is 6. The second-order valence-electron chi connectivity index (χ2n) is 13.1. The van der Waals surface area contributed by atoms with Crippen LogP contribution in [0.15, 0.2) is 143 Å². The molecule has 0 fully saturated rings. The molecule has 0 aliphatic heterocycles. The van der Waals surface area contributed by atoms with Crippen molar-refractivity contribution in [2.24, 2.45) is 0 Å². The Labute approximate surface area is 281 Å². The van der Waals surface area contributed by atoms with E-state index in [1.165, 1.54) is 23.1 Å². The SMILES string of the molecule is CC1(C)c2cc(-c3cc(-c4nc(-c5ccccc5)nc(-c5ccccc5)n4)cc4oc5ccccc5c34)ccc2-c2c1ccc1ncoc21. The summed E-state index contributed by atoms with van der Waals surface area (Å²) in [6, 6.07) is 43.6. The molecular formula is C43H28N4O2. The van der Waals surface area contributed by atoms with Crippen molar-refractivity contribution < 1.29 is 8.83 Å². The Morgan fingerprint density at radius 3 is 1.94 bits per heavy atom. The first-order valence-corrected chi connectivity index (χ1v) is 16.4. The highest BCUT2D eigenvalue weighted by atomic mass is 16.3. The molecule has 3 aromatic heterocycles. The second kappa shape index (κ2) is 10.3. The number of oxazole rings is 1. The summed E-state index contributed by atoms with van der Waals surface area (Å²) in [5.41, 5.74) is 12.7. The fraction of sp³-hybridized carbons (Fsp3) is 0.0698. The van der Waals surface area contributed by atoms with Crippen LogP contribution in [0.2, 0.25) is 0 Å². The van der Waals surface area contributed by atoms with Gasteiger partial charge in [-0.05, 0) is 58.1 Å². The molecule has 0 radical (unpaired) electrons. The zero-order valence-corrected chi connectivity index (χ0v) is 26.8. The van der Waals surface area contributed by atoms with Crippen LogP contribution in [0.3, 0.4) is 0 Å². The molecule has 0 N–H and O–H groups in total. The number of hydrogen-bond donors (Lipinski definition) is 0. The van der Waals surface area contributed by atoms with Gasteiger partial charge in [-0.3, -0.25) is 0 Å². The Kier molecular flexibility index (Phi) is 5.82. The van der Waals surface area contributed by atoms with Gasteiger partial charge in [0.2, 0.25) is 0 Å². The van der Waals surface area contributed by atoms with Gasteiger partial charge < -0.3 is 8.83 Å². The molecule has 0 unspecified atom stereocenters. The van der Waals surface area contributed by atoms with Crippen LogP contribution in [0, 0.1) is 0 Å². The Balaban J connectivity index is 1.22. The maximum Gasteiger partial charge on any atom is 0.182 e. The van der Waals surface area contributed by atoms with Crippen molar-refractivity contribution in [1.29, 1.82) is 0 Å². The zero-order chi connectivity index (χ0) is 32.7. The van der Waals surface area contributed by atoms with E-state index in [9.17, 15) is 0 Å². The molecular weight excluding hydrogens is 604 g/mol. The fourth-order valence-corrected chi connectivity index (χ4v) is 7.46. The summed E-state index contributed by atoms with van der Waals surface area (Å²) < 4.78 is 12.5. The van der Waals surface area contributed by atoms with Gasteiger partial charge in [-0.25, -0.2) is 19.9 Å². The van der Waals surface area contributed by atoms with Crippen molar-refractivity contribution in [3.8, 4) is 56.4 Å². The summed E-state index contributed by atoms with van der Waals surface area (Å²) in [5, 5.41) is 2.13. The zero-order valence-electron chi connectivity index (χ0n) is 26.8. The molecule has 1 aliphatic rings. The number of aromatic nitrogens is 4. The standard InChI is InChI=1S/C43H28N4O2/c1-43(2)32-19-20-34-39(48-24-44-34)38(32)29-18-17-27(22-33(29)43)31-21-28(23-36-37(31)30-15-9-10-16-35(30)49-36)42-46-40(25-11-5-3-6-12-25)45-41(47-42)26-13-7-4-8-14-26/h3-24H,1-2H3. The summed E-state index contributed by atoms with van der Waals surface area (Å²) in [6.45, 7) is 4.56. The molecule has 0 atom stereocenters. The molecule has 6 heteroatoms. The van der Waals surface area contributed by atoms with Crippen molar-refractivity contribution >= 4 is 33.0 Å². The average Bonchev–Trinajstić information content (AvgIpc) is 3.84. The molecule has 49 heavy (non-hydrogen) atoms. The van der Waals surface area contributed by atoms with Crippen molar-refractivity contribution in [3.63, 3.8) is 0 Å². The monoisotopic (exact) mass is 632 g/mol. The highest BCUT2D eigenvalue weighted by molar-refractivity contribution is 6.14. The normalized spacial score (nSPS) is 13.3. The van der Waals surface area contributed by atoms with Crippen LogP contribution in [0.5, 0.6) is 0 Å². The van der Waals surface area contributed by atoms with Crippen LogP contribution in [0.25, 0.3) is 89.5 Å². The molecule has 9 aromatic rings. The largest absolute Gasteiger partial charge is 0.456 e. The number of fused-ring (bicyclic) bond motifs is 8. The predicted octanol–water partition coefficient (Wildman–Crippen LogP) is 10.9. The summed E-state index contributed by atoms with van der Waals surface area (Å²) in [7, 11) is 0. The van der Waals surface area contributed by atoms with E-state index in [0.717, 1.165) is 66.4 Å². The maximum atomic E-state index is 6.54. The van der Waals surface area contributed by atoms with Gasteiger partial charge in [-0.2, -0.15) is 0 Å². The topological polar surface area (TPSA) is 77.8 Å². The van der Waals surface area contributed by atoms with Crippen molar-refractivity contribution in [1.82, 2.24) is 19.9 Å². The van der Waals surface area contributed by atoms with Gasteiger partial charge in [0.05, 0.1) is 0 Å². The Morgan fingerprint density at radius 1 is 0.531 bits per heavy atom. The second-order valence-corrected chi connectivity index (χ2v) is 13.1. The molecule has 0 saturated carbocycles. The molecule has 6 nitrogen and oxygen atoms in total. The molecule has 3 heterocycles. The van der Waals surface area contributed by atoms with Crippen LogP contribution in [0.1, 0.15) is 25.0 Å². The number of hydrogen-bond acceptors (Lipinski definition) is 6. The van der Waals surface area contributed by atoms with E-state index in [0.29, 0.717) is 17.5 Å². The lowest BCUT2D eigenvalue weighted by Crippen LogP contribution is -2.15. The smallest absolute Gasteiger partial charge is 0.182 e. The minimum atomic E-state index is -0.236. The average molecular weight is 633 g/mol. The third-order valence-electron chi connectivity index (χ3n) is 9.88. The molecule has 6 aromatic carbocycles. The van der Waals surface area contributed by atoms with Gasteiger partial charge in [0.1, 0.15) is 16.7 Å². The third kappa shape index (κ3) is 4.20. The lowest BCUT2D eigenvalue weighted by molar-refractivity contribution is 0.601. The minimum absolute atomic E-state index is 0.236. The molecule has 10 rings (SSSR count). The van der Waals surface area contributed by atoms with Crippen molar-refractivity contribution in [2.75, 3.05) is 0 Å². The first-order valence-electron chi connectivity index (χ1n) is 16.4. The first kappa shape index (κ1) is 27.7. The number of nitrogens with zero attached hydrogens (tertiary/aromatic N) is 4. The van der Waals surface area contributed by atoms with Gasteiger partial charge in [-0.1, -0.05) is 111 Å². The summed E-state index contributed by atoms with van der Waals surface area (Å²) in [4.78, 5) is 19.4. The van der Waals surface area contributed by atoms with Crippen LogP contribution < -0.4 is 0 Å². The summed E-state index contributed by atoms with van der Waals surface area (Å²) in [6.07, 6.45) is 1.53. The van der Waals surface area contributed by atoms with Crippen molar-refractivity contribution in [2.45, 2.75) is 19.3 Å². The van der Waals surface area contributed by atoms with Gasteiger partial charge in [-0.15, -0.1) is 0 Å². The highest BCUT2D eigenvalue weighted by Gasteiger charge is 2.38. The van der Waals surface area contributed by atoms with E-state index in [-0.39, 0.29) is 5.41 Å². The third-order valence-corrected chi connectivity index (χ3v) is 9.88. The number of rotatable bonds is 4. The Bertz CT molecular complexity index is 2690. The van der Waals surface area contributed by atoms with Crippen LogP contribution in [-0.4, -0.2) is 19.9 Å². The summed E-state index contributed by atoms with van der Waals surface area (Å²) in [5.74, 6) is 1.82. The molecule has 0 amide bonds. The van der Waals surface area contributed by atoms with Gasteiger partial charge in [0.25, 0.3) is 0 Å². The van der Waals surface area contributed by atoms with Gasteiger partial charge in [0, 0.05) is 38.4 Å². The van der Waals surface area contributed by atoms with Crippen LogP contribution in [0.4, 0.5) is 0 Å². The maximum absolute atomic E-state index is 6.54. The van der Waals surface area contributed by atoms with Gasteiger partial charge in [0.15, 0.2) is 29.4 Å². The van der Waals surface area contributed by atoms with Crippen LogP contribution >= 0.6 is 0 Å².